The molecule has 0 bridgehead atoms. The van der Waals surface area contributed by atoms with Crippen LogP contribution in [0.1, 0.15) is 52.0 Å². The second kappa shape index (κ2) is 7.04. The van der Waals surface area contributed by atoms with Crippen molar-refractivity contribution < 1.29 is 0 Å². The minimum atomic E-state index is 0.449. The van der Waals surface area contributed by atoms with E-state index >= 15 is 0 Å². The van der Waals surface area contributed by atoms with Gasteiger partial charge >= 0.3 is 0 Å². The topological polar surface area (TPSA) is 24.9 Å². The molecule has 3 atom stereocenters. The summed E-state index contributed by atoms with van der Waals surface area (Å²) in [6.07, 6.45) is 7.28. The first-order valence-electron chi connectivity index (χ1n) is 8.09. The van der Waals surface area contributed by atoms with Crippen molar-refractivity contribution in [3.05, 3.63) is 16.6 Å². The van der Waals surface area contributed by atoms with Crippen LogP contribution >= 0.6 is 11.3 Å². The molecule has 1 saturated carbocycles. The van der Waals surface area contributed by atoms with Crippen molar-refractivity contribution in [1.29, 1.82) is 0 Å². The van der Waals surface area contributed by atoms with Gasteiger partial charge in [-0.25, -0.2) is 4.98 Å². The molecule has 1 aliphatic rings. The standard InChI is InChI=1S/C17H30N2S/c1-5-18-12-13-6-7-15(17(2,3)4)10-14(13)11-16-19-8-9-20-16/h8-9,13-15,18H,5-7,10-12H2,1-4H3. The third-order valence-electron chi connectivity index (χ3n) is 4.94. The number of aromatic nitrogens is 1. The highest BCUT2D eigenvalue weighted by molar-refractivity contribution is 7.09. The molecular formula is C17H30N2S. The van der Waals surface area contributed by atoms with Gasteiger partial charge in [0.15, 0.2) is 0 Å². The first kappa shape index (κ1) is 16.0. The molecule has 114 valence electrons. The molecule has 1 aromatic heterocycles. The normalized spacial score (nSPS) is 27.7. The lowest BCUT2D eigenvalue weighted by atomic mass is 9.65. The molecule has 3 unspecified atom stereocenters. The van der Waals surface area contributed by atoms with Gasteiger partial charge in [0.2, 0.25) is 0 Å². The number of rotatable bonds is 5. The first-order chi connectivity index (χ1) is 9.50. The minimum absolute atomic E-state index is 0.449. The molecule has 1 aromatic rings. The van der Waals surface area contributed by atoms with E-state index < -0.39 is 0 Å². The number of thiazole rings is 1. The van der Waals surface area contributed by atoms with E-state index in [2.05, 4.69) is 43.4 Å². The quantitative estimate of drug-likeness (QED) is 0.872. The highest BCUT2D eigenvalue weighted by Gasteiger charge is 2.35. The molecule has 1 fully saturated rings. The molecule has 1 heterocycles. The van der Waals surface area contributed by atoms with Crippen molar-refractivity contribution >= 4 is 11.3 Å². The van der Waals surface area contributed by atoms with Crippen molar-refractivity contribution in [2.45, 2.75) is 53.4 Å². The zero-order valence-corrected chi connectivity index (χ0v) is 14.3. The predicted octanol–water partition coefficient (Wildman–Crippen LogP) is 4.37. The largest absolute Gasteiger partial charge is 0.317 e. The number of hydrogen-bond donors (Lipinski definition) is 1. The predicted molar refractivity (Wildman–Crippen MR) is 88.1 cm³/mol. The van der Waals surface area contributed by atoms with Crippen LogP contribution in [0.15, 0.2) is 11.6 Å². The van der Waals surface area contributed by atoms with Crippen LogP contribution in [0.25, 0.3) is 0 Å². The summed E-state index contributed by atoms with van der Waals surface area (Å²) in [5, 5.41) is 7.00. The van der Waals surface area contributed by atoms with Crippen molar-refractivity contribution in [1.82, 2.24) is 10.3 Å². The van der Waals surface area contributed by atoms with Crippen molar-refractivity contribution in [2.75, 3.05) is 13.1 Å². The van der Waals surface area contributed by atoms with Gasteiger partial charge in [0.25, 0.3) is 0 Å². The van der Waals surface area contributed by atoms with Gasteiger partial charge in [-0.05, 0) is 55.5 Å². The van der Waals surface area contributed by atoms with Crippen LogP contribution in [0.5, 0.6) is 0 Å². The molecule has 1 aliphatic carbocycles. The van der Waals surface area contributed by atoms with Gasteiger partial charge in [0.1, 0.15) is 0 Å². The molecule has 0 amide bonds. The maximum Gasteiger partial charge on any atom is 0.0927 e. The Morgan fingerprint density at radius 1 is 1.30 bits per heavy atom. The van der Waals surface area contributed by atoms with E-state index in [9.17, 15) is 0 Å². The molecule has 0 radical (unpaired) electrons. The minimum Gasteiger partial charge on any atom is -0.317 e. The number of hydrogen-bond acceptors (Lipinski definition) is 3. The lowest BCUT2D eigenvalue weighted by Gasteiger charge is -2.42. The average molecular weight is 295 g/mol. The Morgan fingerprint density at radius 2 is 2.10 bits per heavy atom. The van der Waals surface area contributed by atoms with Gasteiger partial charge in [0, 0.05) is 18.0 Å². The van der Waals surface area contributed by atoms with Gasteiger partial charge in [-0.1, -0.05) is 27.7 Å². The SMILES string of the molecule is CCNCC1CCC(C(C)(C)C)CC1Cc1nccs1. The van der Waals surface area contributed by atoms with Crippen LogP contribution < -0.4 is 5.32 Å². The Morgan fingerprint density at radius 3 is 2.70 bits per heavy atom. The van der Waals surface area contributed by atoms with Gasteiger partial charge in [-0.15, -0.1) is 11.3 Å². The third-order valence-corrected chi connectivity index (χ3v) is 5.74. The van der Waals surface area contributed by atoms with Crippen molar-refractivity contribution in [2.24, 2.45) is 23.2 Å². The van der Waals surface area contributed by atoms with E-state index in [-0.39, 0.29) is 0 Å². The van der Waals surface area contributed by atoms with Gasteiger partial charge in [0.05, 0.1) is 5.01 Å². The summed E-state index contributed by atoms with van der Waals surface area (Å²) in [5.74, 6) is 2.50. The summed E-state index contributed by atoms with van der Waals surface area (Å²) >= 11 is 1.82. The fourth-order valence-electron chi connectivity index (χ4n) is 3.54. The summed E-state index contributed by atoms with van der Waals surface area (Å²) in [7, 11) is 0. The van der Waals surface area contributed by atoms with Crippen LogP contribution in [0, 0.1) is 23.2 Å². The summed E-state index contributed by atoms with van der Waals surface area (Å²) in [4.78, 5) is 4.51. The van der Waals surface area contributed by atoms with Gasteiger partial charge in [-0.2, -0.15) is 0 Å². The van der Waals surface area contributed by atoms with Crippen molar-refractivity contribution in [3.63, 3.8) is 0 Å². The molecule has 2 rings (SSSR count). The molecule has 20 heavy (non-hydrogen) atoms. The Bertz CT molecular complexity index is 380. The summed E-state index contributed by atoms with van der Waals surface area (Å²) in [6, 6.07) is 0. The molecule has 0 spiro atoms. The monoisotopic (exact) mass is 294 g/mol. The fraction of sp³-hybridized carbons (Fsp3) is 0.824. The Balaban J connectivity index is 2.02. The lowest BCUT2D eigenvalue weighted by Crippen LogP contribution is -2.37. The Labute approximate surface area is 128 Å². The fourth-order valence-corrected chi connectivity index (χ4v) is 4.25. The Hall–Kier alpha value is -0.410. The number of nitrogens with one attached hydrogen (secondary N) is 1. The zero-order chi connectivity index (χ0) is 14.6. The summed E-state index contributed by atoms with van der Waals surface area (Å²) < 4.78 is 0. The van der Waals surface area contributed by atoms with E-state index in [1.165, 1.54) is 37.2 Å². The molecular weight excluding hydrogens is 264 g/mol. The van der Waals surface area contributed by atoms with Crippen LogP contribution in [0.2, 0.25) is 0 Å². The highest BCUT2D eigenvalue weighted by atomic mass is 32.1. The second-order valence-corrected chi connectivity index (χ2v) is 8.31. The van der Waals surface area contributed by atoms with Crippen LogP contribution in [0.4, 0.5) is 0 Å². The maximum atomic E-state index is 4.51. The molecule has 0 aliphatic heterocycles. The van der Waals surface area contributed by atoms with Crippen molar-refractivity contribution in [3.8, 4) is 0 Å². The van der Waals surface area contributed by atoms with E-state index in [4.69, 9.17) is 0 Å². The average Bonchev–Trinajstić information content (AvgIpc) is 2.89. The molecule has 2 nitrogen and oxygen atoms in total. The zero-order valence-electron chi connectivity index (χ0n) is 13.5. The van der Waals surface area contributed by atoms with E-state index in [1.807, 2.05) is 17.5 Å². The molecule has 1 N–H and O–H groups in total. The third kappa shape index (κ3) is 4.29. The van der Waals surface area contributed by atoms with Crippen LogP contribution in [0.3, 0.4) is 0 Å². The molecule has 3 heteroatoms. The van der Waals surface area contributed by atoms with Crippen LogP contribution in [-0.4, -0.2) is 18.1 Å². The van der Waals surface area contributed by atoms with E-state index in [0.717, 1.165) is 24.3 Å². The smallest absolute Gasteiger partial charge is 0.0927 e. The van der Waals surface area contributed by atoms with E-state index in [1.54, 1.807) is 0 Å². The summed E-state index contributed by atoms with van der Waals surface area (Å²) in [5.41, 5.74) is 0.449. The Kier molecular flexibility index (Phi) is 5.62. The molecule has 0 aromatic carbocycles. The van der Waals surface area contributed by atoms with Gasteiger partial charge < -0.3 is 5.32 Å². The lowest BCUT2D eigenvalue weighted by molar-refractivity contribution is 0.0973. The summed E-state index contributed by atoms with van der Waals surface area (Å²) in [6.45, 7) is 11.7. The second-order valence-electron chi connectivity index (χ2n) is 7.33. The van der Waals surface area contributed by atoms with Gasteiger partial charge in [-0.3, -0.25) is 0 Å². The first-order valence-corrected chi connectivity index (χ1v) is 8.97. The van der Waals surface area contributed by atoms with E-state index in [0.29, 0.717) is 5.41 Å². The number of nitrogens with zero attached hydrogens (tertiary/aromatic N) is 1. The highest BCUT2D eigenvalue weighted by Crippen LogP contribution is 2.43. The maximum absolute atomic E-state index is 4.51. The molecule has 0 saturated heterocycles. The van der Waals surface area contributed by atoms with Crippen LogP contribution in [-0.2, 0) is 6.42 Å².